The van der Waals surface area contributed by atoms with Gasteiger partial charge in [0.15, 0.2) is 0 Å². The van der Waals surface area contributed by atoms with Crippen LogP contribution in [0, 0.1) is 6.92 Å². The summed E-state index contributed by atoms with van der Waals surface area (Å²) in [5, 5.41) is 2.90. The van der Waals surface area contributed by atoms with Crippen molar-refractivity contribution >= 4 is 33.6 Å². The zero-order valence-electron chi connectivity index (χ0n) is 9.83. The first-order valence-corrected chi connectivity index (χ1v) is 7.32. The monoisotopic (exact) mass is 313 g/mol. The van der Waals surface area contributed by atoms with Gasteiger partial charge in [0, 0.05) is 28.1 Å². The molecule has 1 aromatic rings. The van der Waals surface area contributed by atoms with Gasteiger partial charge in [0.05, 0.1) is 0 Å². The molecule has 1 aromatic carbocycles. The van der Waals surface area contributed by atoms with Gasteiger partial charge in [0.1, 0.15) is 0 Å². The summed E-state index contributed by atoms with van der Waals surface area (Å²) in [4.78, 5) is 11.8. The number of carbonyl (C=O) groups excluding carboxylic acids is 1. The molecule has 0 heterocycles. The number of benzene rings is 1. The summed E-state index contributed by atoms with van der Waals surface area (Å²) in [5.74, 6) is 1.81. The molecule has 92 valence electrons. The maximum absolute atomic E-state index is 11.8. The number of amides is 1. The first-order chi connectivity index (χ1) is 8.13. The Morgan fingerprint density at radius 3 is 2.94 bits per heavy atom. The molecule has 4 heteroatoms. The number of rotatable bonds is 6. The van der Waals surface area contributed by atoms with Crippen molar-refractivity contribution < 1.29 is 4.79 Å². The van der Waals surface area contributed by atoms with Gasteiger partial charge in [0.2, 0.25) is 0 Å². The molecular formula is C13H16BrNOS. The van der Waals surface area contributed by atoms with Gasteiger partial charge in [-0.1, -0.05) is 22.0 Å². The molecule has 1 amide bonds. The first kappa shape index (κ1) is 14.3. The standard InChI is InChI=1S/C13H16BrNOS/c1-3-5-17-6-4-15-13(16)11-7-10(2)8-12(14)9-11/h3,7-9H,1,4-6H2,2H3,(H,15,16). The highest BCUT2D eigenvalue weighted by molar-refractivity contribution is 9.10. The van der Waals surface area contributed by atoms with Crippen LogP contribution in [0.25, 0.3) is 0 Å². The summed E-state index contributed by atoms with van der Waals surface area (Å²) < 4.78 is 0.934. The Hall–Kier alpha value is -0.740. The van der Waals surface area contributed by atoms with E-state index in [1.807, 2.05) is 31.2 Å². The zero-order valence-corrected chi connectivity index (χ0v) is 12.2. The lowest BCUT2D eigenvalue weighted by Gasteiger charge is -2.06. The van der Waals surface area contributed by atoms with E-state index in [4.69, 9.17) is 0 Å². The Labute approximate surface area is 115 Å². The van der Waals surface area contributed by atoms with Crippen LogP contribution in [0.15, 0.2) is 35.3 Å². The lowest BCUT2D eigenvalue weighted by Crippen LogP contribution is -2.25. The number of aryl methyl sites for hydroxylation is 1. The average molecular weight is 314 g/mol. The largest absolute Gasteiger partial charge is 0.351 e. The van der Waals surface area contributed by atoms with Crippen molar-refractivity contribution in [3.8, 4) is 0 Å². The van der Waals surface area contributed by atoms with Crippen LogP contribution in [0.2, 0.25) is 0 Å². The van der Waals surface area contributed by atoms with Crippen LogP contribution in [0.1, 0.15) is 15.9 Å². The molecule has 1 N–H and O–H groups in total. The minimum atomic E-state index is -0.0198. The van der Waals surface area contributed by atoms with Gasteiger partial charge < -0.3 is 5.32 Å². The molecule has 0 spiro atoms. The highest BCUT2D eigenvalue weighted by Gasteiger charge is 2.05. The lowest BCUT2D eigenvalue weighted by molar-refractivity contribution is 0.0956. The van der Waals surface area contributed by atoms with Crippen molar-refractivity contribution in [2.45, 2.75) is 6.92 Å². The highest BCUT2D eigenvalue weighted by Crippen LogP contribution is 2.15. The Morgan fingerprint density at radius 1 is 1.53 bits per heavy atom. The van der Waals surface area contributed by atoms with Crippen LogP contribution in [-0.2, 0) is 0 Å². The maximum Gasteiger partial charge on any atom is 0.251 e. The van der Waals surface area contributed by atoms with E-state index in [0.717, 1.165) is 21.5 Å². The average Bonchev–Trinajstić information content (AvgIpc) is 2.27. The number of carbonyl (C=O) groups is 1. The van der Waals surface area contributed by atoms with E-state index in [0.29, 0.717) is 12.1 Å². The van der Waals surface area contributed by atoms with E-state index in [1.54, 1.807) is 11.8 Å². The summed E-state index contributed by atoms with van der Waals surface area (Å²) in [7, 11) is 0. The second-order valence-corrected chi connectivity index (χ2v) is 5.70. The molecule has 0 saturated heterocycles. The predicted molar refractivity (Wildman–Crippen MR) is 78.7 cm³/mol. The van der Waals surface area contributed by atoms with Gasteiger partial charge >= 0.3 is 0 Å². The Balaban J connectivity index is 2.44. The van der Waals surface area contributed by atoms with Gasteiger partial charge in [-0.3, -0.25) is 4.79 Å². The van der Waals surface area contributed by atoms with Crippen LogP contribution in [0.3, 0.4) is 0 Å². The second-order valence-electron chi connectivity index (χ2n) is 3.64. The summed E-state index contributed by atoms with van der Waals surface area (Å²) in [6.07, 6.45) is 1.87. The van der Waals surface area contributed by atoms with E-state index in [-0.39, 0.29) is 5.91 Å². The molecule has 0 radical (unpaired) electrons. The Morgan fingerprint density at radius 2 is 2.29 bits per heavy atom. The van der Waals surface area contributed by atoms with Crippen LogP contribution >= 0.6 is 27.7 Å². The van der Waals surface area contributed by atoms with E-state index in [9.17, 15) is 4.79 Å². The van der Waals surface area contributed by atoms with Crippen molar-refractivity contribution in [1.82, 2.24) is 5.32 Å². The van der Waals surface area contributed by atoms with Crippen LogP contribution in [0.4, 0.5) is 0 Å². The third kappa shape index (κ3) is 5.41. The molecule has 0 fully saturated rings. The fraction of sp³-hybridized carbons (Fsp3) is 0.308. The quantitative estimate of drug-likeness (QED) is 0.644. The van der Waals surface area contributed by atoms with Gasteiger partial charge in [-0.05, 0) is 30.7 Å². The number of nitrogens with one attached hydrogen (secondary N) is 1. The summed E-state index contributed by atoms with van der Waals surface area (Å²) in [5.41, 5.74) is 1.77. The molecule has 0 aromatic heterocycles. The van der Waals surface area contributed by atoms with Gasteiger partial charge in [-0.15, -0.1) is 6.58 Å². The zero-order chi connectivity index (χ0) is 12.7. The molecule has 0 saturated carbocycles. The third-order valence-electron chi connectivity index (χ3n) is 2.07. The summed E-state index contributed by atoms with van der Waals surface area (Å²) >= 11 is 5.14. The molecule has 0 atom stereocenters. The van der Waals surface area contributed by atoms with Crippen molar-refractivity contribution in [1.29, 1.82) is 0 Å². The fourth-order valence-electron chi connectivity index (χ4n) is 1.37. The number of halogens is 1. The van der Waals surface area contributed by atoms with E-state index >= 15 is 0 Å². The van der Waals surface area contributed by atoms with Crippen LogP contribution in [0.5, 0.6) is 0 Å². The van der Waals surface area contributed by atoms with E-state index in [2.05, 4.69) is 27.8 Å². The number of hydrogen-bond acceptors (Lipinski definition) is 2. The van der Waals surface area contributed by atoms with Crippen LogP contribution < -0.4 is 5.32 Å². The summed E-state index contributed by atoms with van der Waals surface area (Å²) in [6.45, 7) is 6.30. The number of hydrogen-bond donors (Lipinski definition) is 1. The van der Waals surface area contributed by atoms with Crippen LogP contribution in [-0.4, -0.2) is 24.0 Å². The lowest BCUT2D eigenvalue weighted by atomic mass is 10.1. The van der Waals surface area contributed by atoms with Gasteiger partial charge in [-0.2, -0.15) is 11.8 Å². The molecule has 0 aliphatic rings. The smallest absolute Gasteiger partial charge is 0.251 e. The molecule has 0 aliphatic carbocycles. The second kappa shape index (κ2) is 7.56. The van der Waals surface area contributed by atoms with Crippen molar-refractivity contribution in [3.63, 3.8) is 0 Å². The Kier molecular flexibility index (Phi) is 6.37. The normalized spacial score (nSPS) is 10.0. The fourth-order valence-corrected chi connectivity index (χ4v) is 2.56. The first-order valence-electron chi connectivity index (χ1n) is 5.37. The molecular weight excluding hydrogens is 298 g/mol. The van der Waals surface area contributed by atoms with Gasteiger partial charge in [-0.25, -0.2) is 0 Å². The van der Waals surface area contributed by atoms with E-state index < -0.39 is 0 Å². The molecule has 17 heavy (non-hydrogen) atoms. The van der Waals surface area contributed by atoms with Crippen molar-refractivity contribution in [3.05, 3.63) is 46.5 Å². The Bertz CT molecular complexity index is 386. The third-order valence-corrected chi connectivity index (χ3v) is 3.49. The van der Waals surface area contributed by atoms with Crippen molar-refractivity contribution in [2.24, 2.45) is 0 Å². The molecule has 1 rings (SSSR count). The predicted octanol–water partition coefficient (Wildman–Crippen LogP) is 3.41. The molecule has 0 unspecified atom stereocenters. The maximum atomic E-state index is 11.8. The van der Waals surface area contributed by atoms with E-state index in [1.165, 1.54) is 0 Å². The van der Waals surface area contributed by atoms with Gasteiger partial charge in [0.25, 0.3) is 5.91 Å². The highest BCUT2D eigenvalue weighted by atomic mass is 79.9. The molecule has 0 aliphatic heterocycles. The SMILES string of the molecule is C=CCSCCNC(=O)c1cc(C)cc(Br)c1. The molecule has 0 bridgehead atoms. The summed E-state index contributed by atoms with van der Waals surface area (Å²) in [6, 6.07) is 5.70. The van der Waals surface area contributed by atoms with Crippen molar-refractivity contribution in [2.75, 3.05) is 18.1 Å². The molecule has 2 nitrogen and oxygen atoms in total. The number of thioether (sulfide) groups is 1. The minimum absolute atomic E-state index is 0.0198. The minimum Gasteiger partial charge on any atom is -0.351 e. The topological polar surface area (TPSA) is 29.1 Å².